The number of hydrogen-bond acceptors (Lipinski definition) is 3. The van der Waals surface area contributed by atoms with Crippen LogP contribution in [0.4, 0.5) is 0 Å². The third-order valence-electron chi connectivity index (χ3n) is 3.28. The second-order valence-corrected chi connectivity index (χ2v) is 4.85. The number of hydrogen-bond donors (Lipinski definition) is 2. The quantitative estimate of drug-likeness (QED) is 0.722. The number of para-hydroxylation sites is 2. The molecule has 0 saturated carbocycles. The Bertz CT molecular complexity index is 649. The first-order chi connectivity index (χ1) is 9.86. The lowest BCUT2D eigenvalue weighted by molar-refractivity contribution is 0.546. The van der Waals surface area contributed by atoms with Crippen LogP contribution in [0.15, 0.2) is 36.5 Å². The van der Waals surface area contributed by atoms with Gasteiger partial charge in [-0.2, -0.15) is 5.10 Å². The van der Waals surface area contributed by atoms with Gasteiger partial charge in [-0.25, -0.2) is 4.98 Å². The summed E-state index contributed by atoms with van der Waals surface area (Å²) in [5, 5.41) is 7.73. The van der Waals surface area contributed by atoms with Crippen molar-refractivity contribution in [3.8, 4) is 0 Å². The Labute approximate surface area is 118 Å². The molecule has 5 nitrogen and oxygen atoms in total. The van der Waals surface area contributed by atoms with Gasteiger partial charge in [0.25, 0.3) is 0 Å². The molecule has 2 heterocycles. The summed E-state index contributed by atoms with van der Waals surface area (Å²) < 4.78 is 2.05. The maximum absolute atomic E-state index is 4.55. The van der Waals surface area contributed by atoms with Gasteiger partial charge in [0.05, 0.1) is 23.3 Å². The molecule has 2 N–H and O–H groups in total. The fourth-order valence-electron chi connectivity index (χ4n) is 2.32. The second kappa shape index (κ2) is 5.88. The Balaban J connectivity index is 1.60. The van der Waals surface area contributed by atoms with Crippen molar-refractivity contribution in [2.75, 3.05) is 0 Å². The molecule has 1 aromatic carbocycles. The largest absolute Gasteiger partial charge is 0.341 e. The van der Waals surface area contributed by atoms with Gasteiger partial charge in [0.15, 0.2) is 0 Å². The third-order valence-corrected chi connectivity index (χ3v) is 3.28. The van der Waals surface area contributed by atoms with E-state index < -0.39 is 0 Å². The molecule has 0 bridgehead atoms. The number of nitrogens with one attached hydrogen (secondary N) is 2. The average Bonchev–Trinajstić information content (AvgIpc) is 3.06. The van der Waals surface area contributed by atoms with Crippen molar-refractivity contribution in [1.29, 1.82) is 0 Å². The van der Waals surface area contributed by atoms with Crippen molar-refractivity contribution in [3.63, 3.8) is 0 Å². The molecule has 3 rings (SSSR count). The van der Waals surface area contributed by atoms with Crippen molar-refractivity contribution in [2.24, 2.45) is 0 Å². The SMILES string of the molecule is CCCn1nccc1CNCc1nc2ccccc2[nH]1. The molecule has 0 amide bonds. The van der Waals surface area contributed by atoms with Crippen molar-refractivity contribution in [3.05, 3.63) is 48.0 Å². The molecule has 0 radical (unpaired) electrons. The van der Waals surface area contributed by atoms with Crippen molar-refractivity contribution in [1.82, 2.24) is 25.1 Å². The molecule has 0 atom stereocenters. The summed E-state index contributed by atoms with van der Waals surface area (Å²) in [5.41, 5.74) is 3.31. The van der Waals surface area contributed by atoms with E-state index in [9.17, 15) is 0 Å². The number of imidazole rings is 1. The molecule has 20 heavy (non-hydrogen) atoms. The van der Waals surface area contributed by atoms with E-state index in [1.807, 2.05) is 35.1 Å². The van der Waals surface area contributed by atoms with Gasteiger partial charge in [-0.05, 0) is 24.6 Å². The smallest absolute Gasteiger partial charge is 0.121 e. The zero-order chi connectivity index (χ0) is 13.8. The molecule has 0 saturated heterocycles. The first-order valence-corrected chi connectivity index (χ1v) is 7.02. The highest BCUT2D eigenvalue weighted by Crippen LogP contribution is 2.10. The maximum Gasteiger partial charge on any atom is 0.121 e. The van der Waals surface area contributed by atoms with Crippen LogP contribution in [-0.2, 0) is 19.6 Å². The highest BCUT2D eigenvalue weighted by molar-refractivity contribution is 5.74. The van der Waals surface area contributed by atoms with Crippen molar-refractivity contribution < 1.29 is 0 Å². The van der Waals surface area contributed by atoms with Gasteiger partial charge in [0, 0.05) is 19.3 Å². The Kier molecular flexibility index (Phi) is 3.78. The van der Waals surface area contributed by atoms with Gasteiger partial charge in [-0.15, -0.1) is 0 Å². The highest BCUT2D eigenvalue weighted by atomic mass is 15.3. The van der Waals surface area contributed by atoms with E-state index in [-0.39, 0.29) is 0 Å². The molecule has 0 unspecified atom stereocenters. The van der Waals surface area contributed by atoms with E-state index in [1.165, 1.54) is 5.69 Å². The summed E-state index contributed by atoms with van der Waals surface area (Å²) in [5.74, 6) is 0.966. The van der Waals surface area contributed by atoms with E-state index in [2.05, 4.69) is 33.4 Å². The number of aromatic amines is 1. The Morgan fingerprint density at radius 2 is 2.10 bits per heavy atom. The second-order valence-electron chi connectivity index (χ2n) is 4.85. The summed E-state index contributed by atoms with van der Waals surface area (Å²) in [4.78, 5) is 7.87. The number of aryl methyl sites for hydroxylation is 1. The first-order valence-electron chi connectivity index (χ1n) is 7.02. The van der Waals surface area contributed by atoms with Gasteiger partial charge < -0.3 is 10.3 Å². The number of nitrogens with zero attached hydrogens (tertiary/aromatic N) is 3. The topological polar surface area (TPSA) is 58.5 Å². The van der Waals surface area contributed by atoms with Gasteiger partial charge in [0.1, 0.15) is 5.82 Å². The van der Waals surface area contributed by atoms with Gasteiger partial charge in [-0.3, -0.25) is 4.68 Å². The molecule has 0 aliphatic rings. The number of fused-ring (bicyclic) bond motifs is 1. The van der Waals surface area contributed by atoms with Crippen LogP contribution in [0.1, 0.15) is 24.9 Å². The van der Waals surface area contributed by atoms with E-state index in [4.69, 9.17) is 0 Å². The molecule has 3 aromatic rings. The average molecular weight is 269 g/mol. The minimum atomic E-state index is 0.728. The third kappa shape index (κ3) is 2.72. The first kappa shape index (κ1) is 12.9. The number of H-pyrrole nitrogens is 1. The minimum absolute atomic E-state index is 0.728. The minimum Gasteiger partial charge on any atom is -0.341 e. The van der Waals surface area contributed by atoms with E-state index >= 15 is 0 Å². The Morgan fingerprint density at radius 3 is 2.95 bits per heavy atom. The molecule has 2 aromatic heterocycles. The molecule has 104 valence electrons. The van der Waals surface area contributed by atoms with Crippen molar-refractivity contribution >= 4 is 11.0 Å². The van der Waals surface area contributed by atoms with E-state index in [0.717, 1.165) is 42.9 Å². The number of rotatable bonds is 6. The molecular formula is C15H19N5. The number of benzene rings is 1. The predicted molar refractivity (Wildman–Crippen MR) is 79.2 cm³/mol. The summed E-state index contributed by atoms with van der Waals surface area (Å²) in [6.45, 7) is 4.66. The van der Waals surface area contributed by atoms with Gasteiger partial charge in [-0.1, -0.05) is 19.1 Å². The molecular weight excluding hydrogens is 250 g/mol. The zero-order valence-corrected chi connectivity index (χ0v) is 11.6. The van der Waals surface area contributed by atoms with Gasteiger partial charge in [0.2, 0.25) is 0 Å². The fourth-order valence-corrected chi connectivity index (χ4v) is 2.32. The lowest BCUT2D eigenvalue weighted by Crippen LogP contribution is -2.17. The van der Waals surface area contributed by atoms with Crippen LogP contribution in [0.2, 0.25) is 0 Å². The normalized spacial score (nSPS) is 11.2. The monoisotopic (exact) mass is 269 g/mol. The van der Waals surface area contributed by atoms with Crippen LogP contribution in [0.25, 0.3) is 11.0 Å². The van der Waals surface area contributed by atoms with Crippen LogP contribution in [0.5, 0.6) is 0 Å². The van der Waals surface area contributed by atoms with Crippen LogP contribution in [0, 0.1) is 0 Å². The molecule has 0 spiro atoms. The summed E-state index contributed by atoms with van der Waals surface area (Å²) in [6.07, 6.45) is 2.95. The lowest BCUT2D eigenvalue weighted by Gasteiger charge is -2.06. The van der Waals surface area contributed by atoms with Crippen LogP contribution >= 0.6 is 0 Å². The standard InChI is InChI=1S/C15H19N5/c1-2-9-20-12(7-8-17-20)10-16-11-15-18-13-5-3-4-6-14(13)19-15/h3-8,16H,2,9-11H2,1H3,(H,18,19). The summed E-state index contributed by atoms with van der Waals surface area (Å²) in [7, 11) is 0. The van der Waals surface area contributed by atoms with E-state index in [1.54, 1.807) is 0 Å². The molecule has 0 aliphatic carbocycles. The summed E-state index contributed by atoms with van der Waals surface area (Å²) >= 11 is 0. The molecule has 0 fully saturated rings. The molecule has 5 heteroatoms. The Hall–Kier alpha value is -2.14. The number of aromatic nitrogens is 4. The van der Waals surface area contributed by atoms with Crippen LogP contribution < -0.4 is 5.32 Å². The molecule has 0 aliphatic heterocycles. The fraction of sp³-hybridized carbons (Fsp3) is 0.333. The van der Waals surface area contributed by atoms with Crippen LogP contribution in [-0.4, -0.2) is 19.7 Å². The summed E-state index contributed by atoms with van der Waals surface area (Å²) in [6, 6.07) is 10.1. The predicted octanol–water partition coefficient (Wildman–Crippen LogP) is 2.46. The van der Waals surface area contributed by atoms with Gasteiger partial charge >= 0.3 is 0 Å². The zero-order valence-electron chi connectivity index (χ0n) is 11.6. The van der Waals surface area contributed by atoms with E-state index in [0.29, 0.717) is 0 Å². The highest BCUT2D eigenvalue weighted by Gasteiger charge is 2.03. The van der Waals surface area contributed by atoms with Crippen LogP contribution in [0.3, 0.4) is 0 Å². The Morgan fingerprint density at radius 1 is 1.20 bits per heavy atom. The lowest BCUT2D eigenvalue weighted by atomic mass is 10.3. The van der Waals surface area contributed by atoms with Crippen molar-refractivity contribution in [2.45, 2.75) is 33.0 Å². The maximum atomic E-state index is 4.55.